The molecular formula is C17H20N4O5S. The van der Waals surface area contributed by atoms with Gasteiger partial charge in [0.25, 0.3) is 21.6 Å². The van der Waals surface area contributed by atoms with Crippen molar-refractivity contribution >= 4 is 16.0 Å². The summed E-state index contributed by atoms with van der Waals surface area (Å²) in [5.41, 5.74) is 1.27. The van der Waals surface area contributed by atoms with Crippen molar-refractivity contribution in [2.75, 3.05) is 12.8 Å². The molecule has 0 aromatic carbocycles. The lowest BCUT2D eigenvalue weighted by atomic mass is 9.87. The molecule has 9 nitrogen and oxygen atoms in total. The standard InChI is InChI=1S/C17H20N4O5S/c1-11-9-19(10-18-11)13-3-4-14-17(23)20(7-8-21(14)16(13)22)12-5-6-15(12)26-27(2,24)25/h3-4,9-10,12,15H,5-8H2,1-2H3/t12-,15+/m1/s1. The molecule has 2 aromatic rings. The second-order valence-corrected chi connectivity index (χ2v) is 8.57. The first kappa shape index (κ1) is 17.9. The zero-order valence-corrected chi connectivity index (χ0v) is 15.8. The first-order chi connectivity index (χ1) is 12.7. The summed E-state index contributed by atoms with van der Waals surface area (Å²) in [6.45, 7) is 2.53. The summed E-state index contributed by atoms with van der Waals surface area (Å²) in [5.74, 6) is -0.279. The van der Waals surface area contributed by atoms with Gasteiger partial charge in [-0.2, -0.15) is 8.42 Å². The number of fused-ring (bicyclic) bond motifs is 1. The van der Waals surface area contributed by atoms with Crippen LogP contribution in [-0.2, 0) is 20.8 Å². The predicted octanol–water partition coefficient (Wildman–Crippen LogP) is 0.305. The Kier molecular flexibility index (Phi) is 4.19. The number of nitrogens with zero attached hydrogens (tertiary/aromatic N) is 4. The second-order valence-electron chi connectivity index (χ2n) is 6.96. The van der Waals surface area contributed by atoms with Gasteiger partial charge in [0, 0.05) is 19.3 Å². The molecular weight excluding hydrogens is 372 g/mol. The van der Waals surface area contributed by atoms with Crippen molar-refractivity contribution in [3.8, 4) is 5.69 Å². The molecule has 1 fully saturated rings. The minimum atomic E-state index is -3.58. The van der Waals surface area contributed by atoms with E-state index in [0.29, 0.717) is 37.3 Å². The fourth-order valence-electron chi connectivity index (χ4n) is 3.64. The lowest BCUT2D eigenvalue weighted by molar-refractivity contribution is -0.00233. The minimum absolute atomic E-state index is 0.254. The van der Waals surface area contributed by atoms with Crippen LogP contribution in [0.4, 0.5) is 0 Å². The van der Waals surface area contributed by atoms with Gasteiger partial charge in [-0.05, 0) is 31.9 Å². The Hall–Kier alpha value is -2.46. The predicted molar refractivity (Wildman–Crippen MR) is 96.3 cm³/mol. The monoisotopic (exact) mass is 392 g/mol. The molecule has 4 rings (SSSR count). The molecule has 1 aliphatic carbocycles. The van der Waals surface area contributed by atoms with Gasteiger partial charge in [0.05, 0.1) is 30.4 Å². The van der Waals surface area contributed by atoms with Gasteiger partial charge in [-0.25, -0.2) is 4.98 Å². The lowest BCUT2D eigenvalue weighted by Crippen LogP contribution is -2.58. The van der Waals surface area contributed by atoms with Gasteiger partial charge in [-0.15, -0.1) is 0 Å². The smallest absolute Gasteiger partial charge is 0.275 e. The zero-order chi connectivity index (χ0) is 19.3. The van der Waals surface area contributed by atoms with Gasteiger partial charge in [0.1, 0.15) is 11.4 Å². The molecule has 2 aliphatic rings. The number of aryl methyl sites for hydroxylation is 1. The van der Waals surface area contributed by atoms with E-state index >= 15 is 0 Å². The minimum Gasteiger partial charge on any atom is -0.330 e. The normalized spacial score (nSPS) is 22.4. The van der Waals surface area contributed by atoms with Gasteiger partial charge >= 0.3 is 0 Å². The zero-order valence-electron chi connectivity index (χ0n) is 15.0. The number of imidazole rings is 1. The molecule has 0 unspecified atom stereocenters. The van der Waals surface area contributed by atoms with E-state index in [2.05, 4.69) is 4.98 Å². The van der Waals surface area contributed by atoms with E-state index < -0.39 is 16.2 Å². The van der Waals surface area contributed by atoms with E-state index in [9.17, 15) is 18.0 Å². The fourth-order valence-corrected chi connectivity index (χ4v) is 4.32. The summed E-state index contributed by atoms with van der Waals surface area (Å²) >= 11 is 0. The van der Waals surface area contributed by atoms with Gasteiger partial charge in [0.2, 0.25) is 0 Å². The summed E-state index contributed by atoms with van der Waals surface area (Å²) in [6.07, 6.45) is 5.08. The van der Waals surface area contributed by atoms with Crippen LogP contribution >= 0.6 is 0 Å². The maximum Gasteiger partial charge on any atom is 0.275 e. The number of carbonyl (C=O) groups is 1. The van der Waals surface area contributed by atoms with Crippen LogP contribution in [-0.4, -0.2) is 58.3 Å². The number of pyridine rings is 1. The largest absolute Gasteiger partial charge is 0.330 e. The van der Waals surface area contributed by atoms with Crippen LogP contribution in [0.2, 0.25) is 0 Å². The molecule has 0 N–H and O–H groups in total. The Morgan fingerprint density at radius 1 is 1.19 bits per heavy atom. The third-order valence-corrected chi connectivity index (χ3v) is 5.66. The SMILES string of the molecule is Cc1cn(-c2ccc3n(c2=O)CCN([C@@H]2CC[C@@H]2OS(C)(=O)=O)C3=O)cn1. The Morgan fingerprint density at radius 3 is 2.56 bits per heavy atom. The highest BCUT2D eigenvalue weighted by atomic mass is 32.2. The highest BCUT2D eigenvalue weighted by molar-refractivity contribution is 7.86. The third kappa shape index (κ3) is 3.19. The summed E-state index contributed by atoms with van der Waals surface area (Å²) < 4.78 is 31.0. The van der Waals surface area contributed by atoms with Crippen LogP contribution < -0.4 is 5.56 Å². The summed E-state index contributed by atoms with van der Waals surface area (Å²) in [4.78, 5) is 31.5. The third-order valence-electron chi connectivity index (χ3n) is 5.06. The molecule has 1 saturated carbocycles. The average Bonchev–Trinajstić information content (AvgIpc) is 3.00. The summed E-state index contributed by atoms with van der Waals surface area (Å²) in [6, 6.07) is 2.96. The van der Waals surface area contributed by atoms with Gasteiger partial charge in [0.15, 0.2) is 0 Å². The maximum absolute atomic E-state index is 12.9. The quantitative estimate of drug-likeness (QED) is 0.694. The molecule has 0 spiro atoms. The van der Waals surface area contributed by atoms with Crippen molar-refractivity contribution in [2.24, 2.45) is 0 Å². The molecule has 0 radical (unpaired) electrons. The van der Waals surface area contributed by atoms with E-state index in [1.165, 1.54) is 4.57 Å². The molecule has 0 saturated heterocycles. The second kappa shape index (κ2) is 6.31. The van der Waals surface area contributed by atoms with Crippen LogP contribution in [0.15, 0.2) is 29.5 Å². The molecule has 144 valence electrons. The first-order valence-corrected chi connectivity index (χ1v) is 10.5. The van der Waals surface area contributed by atoms with Crippen molar-refractivity contribution in [1.82, 2.24) is 19.0 Å². The van der Waals surface area contributed by atoms with Crippen molar-refractivity contribution in [3.63, 3.8) is 0 Å². The van der Waals surface area contributed by atoms with Gasteiger partial charge in [-0.1, -0.05) is 0 Å². The van der Waals surface area contributed by atoms with E-state index in [1.54, 1.807) is 34.1 Å². The molecule has 10 heteroatoms. The van der Waals surface area contributed by atoms with Gasteiger partial charge in [-0.3, -0.25) is 13.8 Å². The van der Waals surface area contributed by atoms with Crippen molar-refractivity contribution in [2.45, 2.75) is 38.5 Å². The maximum atomic E-state index is 12.9. The lowest BCUT2D eigenvalue weighted by Gasteiger charge is -2.45. The number of amides is 1. The van der Waals surface area contributed by atoms with E-state index in [0.717, 1.165) is 11.9 Å². The molecule has 1 amide bonds. The van der Waals surface area contributed by atoms with Crippen LogP contribution in [0.1, 0.15) is 29.0 Å². The van der Waals surface area contributed by atoms with Crippen molar-refractivity contribution < 1.29 is 17.4 Å². The Balaban J connectivity index is 1.62. The van der Waals surface area contributed by atoms with Crippen LogP contribution in [0.25, 0.3) is 5.69 Å². The molecule has 2 aromatic heterocycles. The van der Waals surface area contributed by atoms with Crippen LogP contribution in [0.5, 0.6) is 0 Å². The summed E-state index contributed by atoms with van der Waals surface area (Å²) in [5, 5.41) is 0. The highest BCUT2D eigenvalue weighted by Crippen LogP contribution is 2.31. The Bertz CT molecular complexity index is 1070. The number of hydrogen-bond donors (Lipinski definition) is 0. The number of rotatable bonds is 4. The topological polar surface area (TPSA) is 104 Å². The molecule has 1 aliphatic heterocycles. The molecule has 2 atom stereocenters. The van der Waals surface area contributed by atoms with E-state index in [4.69, 9.17) is 4.18 Å². The van der Waals surface area contributed by atoms with Crippen molar-refractivity contribution in [1.29, 1.82) is 0 Å². The fraction of sp³-hybridized carbons (Fsp3) is 0.471. The molecule has 0 bridgehead atoms. The average molecular weight is 392 g/mol. The Labute approximate surface area is 156 Å². The number of carbonyl (C=O) groups excluding carboxylic acids is 1. The van der Waals surface area contributed by atoms with E-state index in [-0.39, 0.29) is 17.5 Å². The van der Waals surface area contributed by atoms with Gasteiger partial charge < -0.3 is 14.0 Å². The van der Waals surface area contributed by atoms with Crippen LogP contribution in [0, 0.1) is 6.92 Å². The molecule has 27 heavy (non-hydrogen) atoms. The van der Waals surface area contributed by atoms with E-state index in [1.807, 2.05) is 6.92 Å². The summed E-state index contributed by atoms with van der Waals surface area (Å²) in [7, 11) is -3.58. The number of aromatic nitrogens is 3. The van der Waals surface area contributed by atoms with Crippen molar-refractivity contribution in [3.05, 3.63) is 46.4 Å². The Morgan fingerprint density at radius 2 is 1.96 bits per heavy atom. The number of hydrogen-bond acceptors (Lipinski definition) is 6. The highest BCUT2D eigenvalue weighted by Gasteiger charge is 2.42. The van der Waals surface area contributed by atoms with Crippen LogP contribution in [0.3, 0.4) is 0 Å². The first-order valence-electron chi connectivity index (χ1n) is 8.68. The molecule has 3 heterocycles.